The van der Waals surface area contributed by atoms with Crippen molar-refractivity contribution in [1.29, 1.82) is 0 Å². The molecule has 1 rings (SSSR count). The van der Waals surface area contributed by atoms with Gasteiger partial charge in [0.25, 0.3) is 0 Å². The maximum atomic E-state index is 12.0. The summed E-state index contributed by atoms with van der Waals surface area (Å²) in [5.74, 6) is -0.383. The lowest BCUT2D eigenvalue weighted by atomic mass is 10.2. The highest BCUT2D eigenvalue weighted by molar-refractivity contribution is 7.91. The molecule has 1 aliphatic heterocycles. The second-order valence-electron chi connectivity index (χ2n) is 5.41. The number of hydrogen-bond donors (Lipinski definition) is 0. The first-order valence-corrected chi connectivity index (χ1v) is 8.79. The molecule has 116 valence electrons. The van der Waals surface area contributed by atoms with Crippen molar-refractivity contribution in [2.45, 2.75) is 38.6 Å². The first-order chi connectivity index (χ1) is 9.26. The summed E-state index contributed by atoms with van der Waals surface area (Å²) in [4.78, 5) is 26.8. The van der Waals surface area contributed by atoms with Crippen molar-refractivity contribution in [2.75, 3.05) is 32.1 Å². The van der Waals surface area contributed by atoms with E-state index in [4.69, 9.17) is 0 Å². The van der Waals surface area contributed by atoms with Gasteiger partial charge in [0.2, 0.25) is 11.8 Å². The Morgan fingerprint density at radius 1 is 1.20 bits per heavy atom. The monoisotopic (exact) mass is 304 g/mol. The third-order valence-corrected chi connectivity index (χ3v) is 5.48. The molecule has 7 heteroatoms. The van der Waals surface area contributed by atoms with Gasteiger partial charge in [0, 0.05) is 26.7 Å². The summed E-state index contributed by atoms with van der Waals surface area (Å²) >= 11 is 0. The third kappa shape index (κ3) is 4.77. The van der Waals surface area contributed by atoms with Gasteiger partial charge in [0.1, 0.15) is 6.42 Å². The number of carbonyl (C=O) groups is 2. The van der Waals surface area contributed by atoms with E-state index in [9.17, 15) is 18.0 Å². The molecule has 0 aromatic rings. The molecule has 0 radical (unpaired) electrons. The Bertz CT molecular complexity index is 461. The molecule has 1 saturated heterocycles. The lowest BCUT2D eigenvalue weighted by Gasteiger charge is -2.24. The van der Waals surface area contributed by atoms with E-state index in [1.807, 2.05) is 6.92 Å². The quantitative estimate of drug-likeness (QED) is 0.661. The van der Waals surface area contributed by atoms with E-state index in [1.54, 1.807) is 19.0 Å². The summed E-state index contributed by atoms with van der Waals surface area (Å²) in [5, 5.41) is 0. The molecule has 0 bridgehead atoms. The second-order valence-corrected chi connectivity index (χ2v) is 7.64. The minimum absolute atomic E-state index is 0.00903. The van der Waals surface area contributed by atoms with Gasteiger partial charge in [0.05, 0.1) is 11.5 Å². The van der Waals surface area contributed by atoms with Crippen molar-refractivity contribution in [3.05, 3.63) is 0 Å². The van der Waals surface area contributed by atoms with Gasteiger partial charge < -0.3 is 9.80 Å². The number of nitrogens with zero attached hydrogens (tertiary/aromatic N) is 2. The normalized spacial score (nSPS) is 20.6. The van der Waals surface area contributed by atoms with E-state index in [1.165, 1.54) is 4.90 Å². The van der Waals surface area contributed by atoms with Crippen molar-refractivity contribution in [2.24, 2.45) is 0 Å². The molecule has 0 N–H and O–H groups in total. The largest absolute Gasteiger partial charge is 0.345 e. The molecule has 1 heterocycles. The number of amides is 2. The molecular weight excluding hydrogens is 280 g/mol. The maximum absolute atomic E-state index is 12.0. The van der Waals surface area contributed by atoms with Crippen LogP contribution in [0.5, 0.6) is 0 Å². The first kappa shape index (κ1) is 16.9. The Kier molecular flexibility index (Phi) is 5.98. The molecule has 0 aromatic heterocycles. The molecule has 0 spiro atoms. The smallest absolute Gasteiger partial charge is 0.232 e. The summed E-state index contributed by atoms with van der Waals surface area (Å²) in [7, 11) is 0.242. The molecule has 0 saturated carbocycles. The van der Waals surface area contributed by atoms with Crippen molar-refractivity contribution in [1.82, 2.24) is 9.80 Å². The number of unbranched alkanes of at least 4 members (excludes halogenated alkanes) is 1. The number of hydrogen-bond acceptors (Lipinski definition) is 4. The van der Waals surface area contributed by atoms with Gasteiger partial charge in [-0.2, -0.15) is 0 Å². The molecule has 1 atom stereocenters. The van der Waals surface area contributed by atoms with Crippen LogP contribution in [0.4, 0.5) is 0 Å². The third-order valence-electron chi connectivity index (χ3n) is 3.72. The Labute approximate surface area is 121 Å². The highest BCUT2D eigenvalue weighted by Gasteiger charge is 2.33. The van der Waals surface area contributed by atoms with E-state index in [-0.39, 0.29) is 35.8 Å². The Morgan fingerprint density at radius 3 is 2.35 bits per heavy atom. The Hall–Kier alpha value is -1.11. The Morgan fingerprint density at radius 2 is 1.85 bits per heavy atom. The summed E-state index contributed by atoms with van der Waals surface area (Å²) in [5.41, 5.74) is 0. The van der Waals surface area contributed by atoms with Crippen LogP contribution in [0.15, 0.2) is 0 Å². The Balaban J connectivity index is 2.48. The number of carbonyl (C=O) groups excluding carboxylic acids is 2. The van der Waals surface area contributed by atoms with Crippen molar-refractivity contribution >= 4 is 21.7 Å². The zero-order valence-electron chi connectivity index (χ0n) is 12.5. The molecule has 20 heavy (non-hydrogen) atoms. The summed E-state index contributed by atoms with van der Waals surface area (Å²) in [6, 6.07) is -0.291. The highest BCUT2D eigenvalue weighted by Crippen LogP contribution is 2.17. The molecular formula is C13H24N2O4S. The van der Waals surface area contributed by atoms with E-state index in [0.717, 1.165) is 12.8 Å². The van der Waals surface area contributed by atoms with Gasteiger partial charge in [-0.25, -0.2) is 8.42 Å². The molecule has 1 unspecified atom stereocenters. The van der Waals surface area contributed by atoms with Crippen LogP contribution >= 0.6 is 0 Å². The average Bonchev–Trinajstić information content (AvgIpc) is 2.75. The minimum atomic E-state index is -3.02. The van der Waals surface area contributed by atoms with Crippen LogP contribution in [-0.2, 0) is 19.4 Å². The van der Waals surface area contributed by atoms with Crippen LogP contribution in [0.2, 0.25) is 0 Å². The summed E-state index contributed by atoms with van der Waals surface area (Å²) in [6.45, 7) is 2.68. The van der Waals surface area contributed by atoms with Crippen LogP contribution < -0.4 is 0 Å². The van der Waals surface area contributed by atoms with Gasteiger partial charge in [-0.1, -0.05) is 13.3 Å². The SMILES string of the molecule is CCCCN(C)C(=O)CC(=O)N(C)C1CCS(=O)(=O)C1. The van der Waals surface area contributed by atoms with E-state index in [0.29, 0.717) is 13.0 Å². The van der Waals surface area contributed by atoms with Crippen molar-refractivity contribution < 1.29 is 18.0 Å². The van der Waals surface area contributed by atoms with Crippen LogP contribution in [0, 0.1) is 0 Å². The molecule has 1 fully saturated rings. The fourth-order valence-electron chi connectivity index (χ4n) is 2.19. The number of sulfone groups is 1. The average molecular weight is 304 g/mol. The summed E-state index contributed by atoms with van der Waals surface area (Å²) < 4.78 is 22.8. The van der Waals surface area contributed by atoms with Gasteiger partial charge in [0.15, 0.2) is 9.84 Å². The minimum Gasteiger partial charge on any atom is -0.345 e. The molecule has 0 aliphatic carbocycles. The van der Waals surface area contributed by atoms with E-state index in [2.05, 4.69) is 0 Å². The molecule has 6 nitrogen and oxygen atoms in total. The van der Waals surface area contributed by atoms with Gasteiger partial charge in [-0.05, 0) is 12.8 Å². The standard InChI is InChI=1S/C13H24N2O4S/c1-4-5-7-14(2)12(16)9-13(17)15(3)11-6-8-20(18,19)10-11/h11H,4-10H2,1-3H3. The van der Waals surface area contributed by atoms with Crippen LogP contribution in [0.25, 0.3) is 0 Å². The predicted molar refractivity (Wildman–Crippen MR) is 77.0 cm³/mol. The molecule has 2 amide bonds. The lowest BCUT2D eigenvalue weighted by Crippen LogP contribution is -2.40. The maximum Gasteiger partial charge on any atom is 0.232 e. The van der Waals surface area contributed by atoms with E-state index >= 15 is 0 Å². The fraction of sp³-hybridized carbons (Fsp3) is 0.846. The van der Waals surface area contributed by atoms with Crippen LogP contribution in [0.3, 0.4) is 0 Å². The zero-order chi connectivity index (χ0) is 15.3. The molecule has 0 aromatic carbocycles. The van der Waals surface area contributed by atoms with Crippen molar-refractivity contribution in [3.63, 3.8) is 0 Å². The van der Waals surface area contributed by atoms with E-state index < -0.39 is 9.84 Å². The molecule has 1 aliphatic rings. The predicted octanol–water partition coefficient (Wildman–Crippen LogP) is 0.281. The number of rotatable bonds is 6. The lowest BCUT2D eigenvalue weighted by molar-refractivity contribution is -0.140. The fourth-order valence-corrected chi connectivity index (χ4v) is 3.97. The highest BCUT2D eigenvalue weighted by atomic mass is 32.2. The van der Waals surface area contributed by atoms with Crippen LogP contribution in [0.1, 0.15) is 32.6 Å². The van der Waals surface area contributed by atoms with Gasteiger partial charge in [-0.15, -0.1) is 0 Å². The first-order valence-electron chi connectivity index (χ1n) is 6.97. The second kappa shape index (κ2) is 7.06. The van der Waals surface area contributed by atoms with Crippen LogP contribution in [-0.4, -0.2) is 68.2 Å². The zero-order valence-corrected chi connectivity index (χ0v) is 13.3. The van der Waals surface area contributed by atoms with Crippen molar-refractivity contribution in [3.8, 4) is 0 Å². The summed E-state index contributed by atoms with van der Waals surface area (Å²) in [6.07, 6.45) is 2.18. The topological polar surface area (TPSA) is 74.8 Å². The van der Waals surface area contributed by atoms with Gasteiger partial charge in [-0.3, -0.25) is 9.59 Å². The van der Waals surface area contributed by atoms with Gasteiger partial charge >= 0.3 is 0 Å².